The summed E-state index contributed by atoms with van der Waals surface area (Å²) in [5, 5.41) is 0. The summed E-state index contributed by atoms with van der Waals surface area (Å²) >= 11 is 0. The average molecular weight is 360 g/mol. The standard InChI is InChI=1S/C18H24N4O2S/c1-25(23,24)22-10-7-16-17(20-14-19-16)18(22)8-11-21(12-9-18)13-15-5-3-2-4-6-15/h2-6,14H,7-13H2,1H3,(H,19,20). The van der Waals surface area contributed by atoms with Gasteiger partial charge in [0.05, 0.1) is 23.8 Å². The van der Waals surface area contributed by atoms with Crippen molar-refractivity contribution in [2.45, 2.75) is 31.3 Å². The molecule has 134 valence electrons. The number of aromatic amines is 1. The Hall–Kier alpha value is -1.70. The Morgan fingerprint density at radius 2 is 1.88 bits per heavy atom. The SMILES string of the molecule is CS(=O)(=O)N1CCc2[nH]cnc2C12CCN(Cc1ccccc1)CC2. The third-order valence-corrected chi connectivity index (χ3v) is 6.87. The lowest BCUT2D eigenvalue weighted by molar-refractivity contribution is 0.0604. The quantitative estimate of drug-likeness (QED) is 0.905. The van der Waals surface area contributed by atoms with E-state index in [-0.39, 0.29) is 0 Å². The van der Waals surface area contributed by atoms with Crippen molar-refractivity contribution in [2.24, 2.45) is 0 Å². The van der Waals surface area contributed by atoms with Gasteiger partial charge < -0.3 is 4.98 Å². The number of imidazole rings is 1. The Morgan fingerprint density at radius 3 is 2.56 bits per heavy atom. The Morgan fingerprint density at radius 1 is 1.16 bits per heavy atom. The summed E-state index contributed by atoms with van der Waals surface area (Å²) in [6, 6.07) is 10.4. The van der Waals surface area contributed by atoms with Crippen LogP contribution < -0.4 is 0 Å². The van der Waals surface area contributed by atoms with Gasteiger partial charge in [0.2, 0.25) is 10.0 Å². The van der Waals surface area contributed by atoms with E-state index in [0.717, 1.165) is 43.9 Å². The lowest BCUT2D eigenvalue weighted by atomic mass is 9.80. The van der Waals surface area contributed by atoms with Crippen molar-refractivity contribution >= 4 is 10.0 Å². The van der Waals surface area contributed by atoms with Crippen molar-refractivity contribution in [3.63, 3.8) is 0 Å². The Bertz CT molecular complexity index is 839. The van der Waals surface area contributed by atoms with Gasteiger partial charge >= 0.3 is 0 Å². The molecule has 7 heteroatoms. The summed E-state index contributed by atoms with van der Waals surface area (Å²) in [6.07, 6.45) is 5.30. The van der Waals surface area contributed by atoms with Crippen molar-refractivity contribution < 1.29 is 8.42 Å². The molecule has 4 rings (SSSR count). The second-order valence-corrected chi connectivity index (χ2v) is 9.01. The van der Waals surface area contributed by atoms with Gasteiger partial charge in [0, 0.05) is 38.3 Å². The van der Waals surface area contributed by atoms with Crippen LogP contribution in [0, 0.1) is 0 Å². The highest BCUT2D eigenvalue weighted by Gasteiger charge is 2.50. The number of piperidine rings is 1. The van der Waals surface area contributed by atoms with Gasteiger partial charge in [-0.25, -0.2) is 13.4 Å². The van der Waals surface area contributed by atoms with E-state index >= 15 is 0 Å². The van der Waals surface area contributed by atoms with E-state index in [0.29, 0.717) is 13.0 Å². The first-order valence-corrected chi connectivity index (χ1v) is 10.6. The van der Waals surface area contributed by atoms with Crippen molar-refractivity contribution in [1.82, 2.24) is 19.2 Å². The molecule has 0 unspecified atom stereocenters. The van der Waals surface area contributed by atoms with Crippen LogP contribution in [0.1, 0.15) is 29.8 Å². The molecule has 0 amide bonds. The Kier molecular flexibility index (Phi) is 4.17. The molecule has 0 aliphatic carbocycles. The number of nitrogens with one attached hydrogen (secondary N) is 1. The van der Waals surface area contributed by atoms with E-state index in [1.807, 2.05) is 6.07 Å². The second kappa shape index (κ2) is 6.23. The fourth-order valence-corrected chi connectivity index (χ4v) is 5.68. The molecule has 25 heavy (non-hydrogen) atoms. The topological polar surface area (TPSA) is 69.3 Å². The van der Waals surface area contributed by atoms with Crippen LogP contribution in [0.2, 0.25) is 0 Å². The summed E-state index contributed by atoms with van der Waals surface area (Å²) in [4.78, 5) is 10.1. The Labute approximate surface area is 148 Å². The largest absolute Gasteiger partial charge is 0.348 e. The maximum atomic E-state index is 12.4. The lowest BCUT2D eigenvalue weighted by Crippen LogP contribution is -2.57. The third kappa shape index (κ3) is 3.01. The molecule has 2 aliphatic rings. The summed E-state index contributed by atoms with van der Waals surface area (Å²) < 4.78 is 26.6. The number of benzene rings is 1. The van der Waals surface area contributed by atoms with Crippen LogP contribution >= 0.6 is 0 Å². The number of fused-ring (bicyclic) bond motifs is 2. The second-order valence-electron chi connectivity index (χ2n) is 7.11. The minimum atomic E-state index is -3.27. The van der Waals surface area contributed by atoms with Crippen molar-refractivity contribution in [3.05, 3.63) is 53.6 Å². The zero-order valence-electron chi connectivity index (χ0n) is 14.5. The van der Waals surface area contributed by atoms with Gasteiger partial charge in [0.1, 0.15) is 0 Å². The van der Waals surface area contributed by atoms with Crippen LogP contribution in [0.25, 0.3) is 0 Å². The lowest BCUT2D eigenvalue weighted by Gasteiger charge is -2.49. The molecule has 3 heterocycles. The summed E-state index contributed by atoms with van der Waals surface area (Å²) in [7, 11) is -3.27. The molecule has 6 nitrogen and oxygen atoms in total. The first kappa shape index (κ1) is 16.8. The predicted octanol–water partition coefficient (Wildman–Crippen LogP) is 1.72. The highest BCUT2D eigenvalue weighted by Crippen LogP contribution is 2.43. The minimum Gasteiger partial charge on any atom is -0.348 e. The van der Waals surface area contributed by atoms with Gasteiger partial charge in [-0.3, -0.25) is 4.90 Å². The number of sulfonamides is 1. The number of aromatic nitrogens is 2. The van der Waals surface area contributed by atoms with Crippen LogP contribution in [0.3, 0.4) is 0 Å². The summed E-state index contributed by atoms with van der Waals surface area (Å²) in [5.74, 6) is 0. The van der Waals surface area contributed by atoms with Crippen LogP contribution in [0.5, 0.6) is 0 Å². The highest BCUT2D eigenvalue weighted by molar-refractivity contribution is 7.88. The third-order valence-electron chi connectivity index (χ3n) is 5.53. The fourth-order valence-electron chi connectivity index (χ4n) is 4.35. The molecule has 0 atom stereocenters. The molecule has 0 bridgehead atoms. The van der Waals surface area contributed by atoms with E-state index in [2.05, 4.69) is 39.1 Å². The molecule has 1 fully saturated rings. The zero-order chi connectivity index (χ0) is 17.5. The number of likely N-dealkylation sites (tertiary alicyclic amines) is 1. The first-order valence-electron chi connectivity index (χ1n) is 8.76. The smallest absolute Gasteiger partial charge is 0.212 e. The van der Waals surface area contributed by atoms with E-state index in [1.54, 1.807) is 10.6 Å². The zero-order valence-corrected chi connectivity index (χ0v) is 15.3. The van der Waals surface area contributed by atoms with Gasteiger partial charge in [0.25, 0.3) is 0 Å². The van der Waals surface area contributed by atoms with Crippen LogP contribution in [-0.4, -0.2) is 53.5 Å². The van der Waals surface area contributed by atoms with Gasteiger partial charge in [-0.2, -0.15) is 4.31 Å². The number of hydrogen-bond acceptors (Lipinski definition) is 4. The number of hydrogen-bond donors (Lipinski definition) is 1. The summed E-state index contributed by atoms with van der Waals surface area (Å²) in [5.41, 5.74) is 2.83. The molecule has 2 aliphatic heterocycles. The minimum absolute atomic E-state index is 0.492. The molecule has 1 N–H and O–H groups in total. The van der Waals surface area contributed by atoms with E-state index in [9.17, 15) is 8.42 Å². The monoisotopic (exact) mass is 360 g/mol. The molecule has 0 radical (unpaired) electrons. The molecular formula is C18H24N4O2S. The molecular weight excluding hydrogens is 336 g/mol. The first-order chi connectivity index (χ1) is 12.0. The molecule has 1 aromatic heterocycles. The normalized spacial score (nSPS) is 21.3. The van der Waals surface area contributed by atoms with Crippen molar-refractivity contribution in [3.8, 4) is 0 Å². The fraction of sp³-hybridized carbons (Fsp3) is 0.500. The van der Waals surface area contributed by atoms with Gasteiger partial charge in [-0.1, -0.05) is 30.3 Å². The molecule has 0 saturated carbocycles. The highest BCUT2D eigenvalue weighted by atomic mass is 32.2. The van der Waals surface area contributed by atoms with Gasteiger partial charge in [-0.15, -0.1) is 0 Å². The van der Waals surface area contributed by atoms with Crippen LogP contribution in [-0.2, 0) is 28.5 Å². The summed E-state index contributed by atoms with van der Waals surface area (Å²) in [6.45, 7) is 3.18. The van der Waals surface area contributed by atoms with E-state index < -0.39 is 15.6 Å². The van der Waals surface area contributed by atoms with Crippen LogP contribution in [0.15, 0.2) is 36.7 Å². The number of H-pyrrole nitrogens is 1. The molecule has 1 aromatic carbocycles. The molecule has 1 saturated heterocycles. The maximum absolute atomic E-state index is 12.4. The van der Waals surface area contributed by atoms with Crippen molar-refractivity contribution in [1.29, 1.82) is 0 Å². The molecule has 1 spiro atoms. The van der Waals surface area contributed by atoms with Gasteiger partial charge in [-0.05, 0) is 18.4 Å². The molecule has 2 aromatic rings. The van der Waals surface area contributed by atoms with Crippen molar-refractivity contribution in [2.75, 3.05) is 25.9 Å². The van der Waals surface area contributed by atoms with E-state index in [4.69, 9.17) is 0 Å². The van der Waals surface area contributed by atoms with Gasteiger partial charge in [0.15, 0.2) is 0 Å². The van der Waals surface area contributed by atoms with Crippen LogP contribution in [0.4, 0.5) is 0 Å². The van der Waals surface area contributed by atoms with E-state index in [1.165, 1.54) is 11.8 Å². The Balaban J connectivity index is 1.59. The maximum Gasteiger partial charge on any atom is 0.212 e. The predicted molar refractivity (Wildman–Crippen MR) is 96.5 cm³/mol. The average Bonchev–Trinajstić information content (AvgIpc) is 3.07. The number of nitrogens with zero attached hydrogens (tertiary/aromatic N) is 3. The number of rotatable bonds is 3.